The number of likely N-dealkylation sites (tertiary alicyclic amines) is 1. The molecule has 1 fully saturated rings. The van der Waals surface area contributed by atoms with Crippen LogP contribution >= 0.6 is 0 Å². The minimum atomic E-state index is -0.535. The molecule has 1 aliphatic heterocycles. The number of piperidine rings is 1. The van der Waals surface area contributed by atoms with E-state index in [2.05, 4.69) is 6.07 Å². The van der Waals surface area contributed by atoms with Crippen LogP contribution in [0.2, 0.25) is 0 Å². The highest BCUT2D eigenvalue weighted by atomic mass is 16.6. The van der Waals surface area contributed by atoms with Gasteiger partial charge < -0.3 is 24.0 Å². The van der Waals surface area contributed by atoms with E-state index in [0.29, 0.717) is 48.5 Å². The van der Waals surface area contributed by atoms with Gasteiger partial charge in [-0.25, -0.2) is 4.79 Å². The van der Waals surface area contributed by atoms with Gasteiger partial charge >= 0.3 is 12.1 Å². The first-order chi connectivity index (χ1) is 20.1. The number of esters is 1. The third-order valence-corrected chi connectivity index (χ3v) is 6.85. The summed E-state index contributed by atoms with van der Waals surface area (Å²) in [4.78, 5) is 41.5. The van der Waals surface area contributed by atoms with Gasteiger partial charge in [-0.2, -0.15) is 5.26 Å². The zero-order chi connectivity index (χ0) is 30.3. The normalized spacial score (nSPS) is 13.7. The highest BCUT2D eigenvalue weighted by molar-refractivity contribution is 6.08. The van der Waals surface area contributed by atoms with E-state index in [0.717, 1.165) is 10.8 Å². The van der Waals surface area contributed by atoms with Crippen LogP contribution in [0.15, 0.2) is 60.7 Å². The highest BCUT2D eigenvalue weighted by Crippen LogP contribution is 2.26. The number of carbonyl (C=O) groups excluding carboxylic acids is 3. The predicted octanol–water partition coefficient (Wildman–Crippen LogP) is 6.09. The monoisotopic (exact) mass is 571 g/mol. The largest absolute Gasteiger partial charge is 0.490 e. The van der Waals surface area contributed by atoms with E-state index in [1.807, 2.05) is 32.9 Å². The Morgan fingerprint density at radius 3 is 2.31 bits per heavy atom. The number of benzene rings is 3. The Balaban J connectivity index is 1.46. The van der Waals surface area contributed by atoms with Crippen LogP contribution in [-0.4, -0.2) is 60.8 Å². The van der Waals surface area contributed by atoms with Gasteiger partial charge in [0.25, 0.3) is 5.91 Å². The van der Waals surface area contributed by atoms with Crippen molar-refractivity contribution in [3.63, 3.8) is 0 Å². The van der Waals surface area contributed by atoms with Crippen molar-refractivity contribution in [1.29, 1.82) is 5.26 Å². The Hall–Kier alpha value is -4.58. The molecule has 2 amide bonds. The third kappa shape index (κ3) is 8.00. The quantitative estimate of drug-likeness (QED) is 0.301. The third-order valence-electron chi connectivity index (χ3n) is 6.85. The van der Waals surface area contributed by atoms with Gasteiger partial charge in [0.15, 0.2) is 0 Å². The minimum Gasteiger partial charge on any atom is -0.490 e. The minimum absolute atomic E-state index is 0.0419. The first-order valence-electron chi connectivity index (χ1n) is 14.2. The Morgan fingerprint density at radius 2 is 1.67 bits per heavy atom. The van der Waals surface area contributed by atoms with Crippen molar-refractivity contribution in [2.45, 2.75) is 58.7 Å². The zero-order valence-corrected chi connectivity index (χ0v) is 24.6. The zero-order valence-electron chi connectivity index (χ0n) is 24.6. The smallest absolute Gasteiger partial charge is 0.410 e. The number of nitriles is 1. The van der Waals surface area contributed by atoms with Crippen molar-refractivity contribution in [2.24, 2.45) is 0 Å². The van der Waals surface area contributed by atoms with Gasteiger partial charge in [-0.05, 0) is 87.0 Å². The molecule has 3 aromatic carbocycles. The SMILES string of the molecule is CCOC(=O)CCN(C(=O)c1ccc2ccc(C#N)cc2c1)c1ccc(OC2CCN(C(=O)OC(C)(C)C)CC2)cc1. The molecule has 42 heavy (non-hydrogen) atoms. The fourth-order valence-corrected chi connectivity index (χ4v) is 4.77. The maximum Gasteiger partial charge on any atom is 0.410 e. The summed E-state index contributed by atoms with van der Waals surface area (Å²) in [7, 11) is 0. The van der Waals surface area contributed by atoms with Crippen LogP contribution in [0.3, 0.4) is 0 Å². The van der Waals surface area contributed by atoms with Gasteiger partial charge in [-0.1, -0.05) is 12.1 Å². The van der Waals surface area contributed by atoms with Crippen LogP contribution in [0.1, 0.15) is 62.9 Å². The van der Waals surface area contributed by atoms with Gasteiger partial charge in [0, 0.05) is 43.7 Å². The van der Waals surface area contributed by atoms with Gasteiger partial charge in [0.1, 0.15) is 17.5 Å². The average Bonchev–Trinajstić information content (AvgIpc) is 2.97. The van der Waals surface area contributed by atoms with Crippen molar-refractivity contribution in [3.05, 3.63) is 71.8 Å². The molecule has 9 nitrogen and oxygen atoms in total. The topological polar surface area (TPSA) is 109 Å². The summed E-state index contributed by atoms with van der Waals surface area (Å²) in [6, 6.07) is 20.0. The average molecular weight is 572 g/mol. The summed E-state index contributed by atoms with van der Waals surface area (Å²) in [5.74, 6) is -0.00103. The van der Waals surface area contributed by atoms with Crippen LogP contribution in [-0.2, 0) is 14.3 Å². The molecule has 4 rings (SSSR count). The molecule has 0 aliphatic carbocycles. The second kappa shape index (κ2) is 13.4. The number of hydrogen-bond acceptors (Lipinski definition) is 7. The number of ether oxygens (including phenoxy) is 3. The first kappa shape index (κ1) is 30.4. The Morgan fingerprint density at radius 1 is 0.976 bits per heavy atom. The molecule has 0 aromatic heterocycles. The van der Waals surface area contributed by atoms with E-state index in [4.69, 9.17) is 14.2 Å². The van der Waals surface area contributed by atoms with Gasteiger partial charge in [-0.3, -0.25) is 9.59 Å². The fraction of sp³-hybridized carbons (Fsp3) is 0.394. The number of rotatable bonds is 8. The van der Waals surface area contributed by atoms with Crippen LogP contribution in [0.25, 0.3) is 10.8 Å². The fourth-order valence-electron chi connectivity index (χ4n) is 4.77. The maximum absolute atomic E-state index is 13.7. The molecular weight excluding hydrogens is 534 g/mol. The van der Waals surface area contributed by atoms with Gasteiger partial charge in [-0.15, -0.1) is 0 Å². The molecule has 1 saturated heterocycles. The maximum atomic E-state index is 13.7. The first-order valence-corrected chi connectivity index (χ1v) is 14.2. The predicted molar refractivity (Wildman–Crippen MR) is 159 cm³/mol. The Kier molecular flexibility index (Phi) is 9.68. The van der Waals surface area contributed by atoms with Crippen LogP contribution in [0.5, 0.6) is 5.75 Å². The van der Waals surface area contributed by atoms with Crippen molar-refractivity contribution >= 4 is 34.4 Å². The number of hydrogen-bond donors (Lipinski definition) is 0. The van der Waals surface area contributed by atoms with Gasteiger partial charge in [0.05, 0.1) is 24.7 Å². The lowest BCUT2D eigenvalue weighted by Gasteiger charge is -2.33. The van der Waals surface area contributed by atoms with E-state index in [1.54, 1.807) is 65.3 Å². The van der Waals surface area contributed by atoms with Crippen LogP contribution < -0.4 is 9.64 Å². The number of fused-ring (bicyclic) bond motifs is 1. The van der Waals surface area contributed by atoms with Crippen molar-refractivity contribution in [2.75, 3.05) is 31.1 Å². The molecule has 0 atom stereocenters. The van der Waals surface area contributed by atoms with E-state index < -0.39 is 5.60 Å². The molecule has 0 N–H and O–H groups in total. The summed E-state index contributed by atoms with van der Waals surface area (Å²) in [5, 5.41) is 11.0. The molecule has 220 valence electrons. The molecule has 9 heteroatoms. The summed E-state index contributed by atoms with van der Waals surface area (Å²) in [5.41, 5.74) is 1.03. The molecule has 0 bridgehead atoms. The standard InChI is InChI=1S/C33H37N3O6/c1-5-40-30(37)16-19-36(31(38)25-9-8-24-7-6-23(22-34)20-26(24)21-25)27-10-12-28(13-11-27)41-29-14-17-35(18-15-29)32(39)42-33(2,3)4/h6-13,20-21,29H,5,14-19H2,1-4H3. The van der Waals surface area contributed by atoms with Crippen molar-refractivity contribution in [1.82, 2.24) is 4.90 Å². The highest BCUT2D eigenvalue weighted by Gasteiger charge is 2.28. The lowest BCUT2D eigenvalue weighted by atomic mass is 10.0. The van der Waals surface area contributed by atoms with Crippen LogP contribution in [0.4, 0.5) is 10.5 Å². The number of anilines is 1. The Bertz CT molecular complexity index is 1460. The molecule has 1 heterocycles. The van der Waals surface area contributed by atoms with E-state index in [9.17, 15) is 19.6 Å². The van der Waals surface area contributed by atoms with Crippen molar-refractivity contribution in [3.8, 4) is 11.8 Å². The number of carbonyl (C=O) groups is 3. The Labute approximate surface area is 246 Å². The molecule has 0 unspecified atom stereocenters. The summed E-state index contributed by atoms with van der Waals surface area (Å²) in [6.07, 6.45) is 1.04. The second-order valence-electron chi connectivity index (χ2n) is 11.2. The van der Waals surface area contributed by atoms with E-state index in [-0.39, 0.29) is 43.6 Å². The molecular formula is C33H37N3O6. The van der Waals surface area contributed by atoms with E-state index in [1.165, 1.54) is 0 Å². The molecule has 0 radical (unpaired) electrons. The molecule has 1 aliphatic rings. The van der Waals surface area contributed by atoms with Crippen molar-refractivity contribution < 1.29 is 28.6 Å². The molecule has 0 spiro atoms. The summed E-state index contributed by atoms with van der Waals surface area (Å²) >= 11 is 0. The lowest BCUT2D eigenvalue weighted by molar-refractivity contribution is -0.142. The lowest BCUT2D eigenvalue weighted by Crippen LogP contribution is -2.44. The molecule has 0 saturated carbocycles. The van der Waals surface area contributed by atoms with E-state index >= 15 is 0 Å². The molecule has 3 aromatic rings. The van der Waals surface area contributed by atoms with Crippen LogP contribution in [0, 0.1) is 11.3 Å². The number of amides is 2. The second-order valence-corrected chi connectivity index (χ2v) is 11.2. The summed E-state index contributed by atoms with van der Waals surface area (Å²) < 4.78 is 16.7. The van der Waals surface area contributed by atoms with Gasteiger partial charge in [0.2, 0.25) is 0 Å². The number of nitrogens with zero attached hydrogens (tertiary/aromatic N) is 3. The summed E-state index contributed by atoms with van der Waals surface area (Å²) in [6.45, 7) is 8.80.